The Hall–Kier alpha value is -1.52. The van der Waals surface area contributed by atoms with Crippen LogP contribution in [0.15, 0.2) is 4.52 Å². The van der Waals surface area contributed by atoms with Crippen LogP contribution >= 0.6 is 0 Å². The summed E-state index contributed by atoms with van der Waals surface area (Å²) in [6.45, 7) is 4.19. The number of rotatable bonds is 3. The maximum Gasteiger partial charge on any atom is 0.315 e. The van der Waals surface area contributed by atoms with Gasteiger partial charge in [0.2, 0.25) is 0 Å². The third-order valence-electron chi connectivity index (χ3n) is 3.05. The molecule has 5 heteroatoms. The van der Waals surface area contributed by atoms with Crippen LogP contribution in [0.3, 0.4) is 0 Å². The zero-order valence-electron chi connectivity index (χ0n) is 9.67. The highest BCUT2D eigenvalue weighted by atomic mass is 16.5. The topological polar surface area (TPSA) is 67.2 Å². The number of carbonyl (C=O) groups is 1. The van der Waals surface area contributed by atoms with Gasteiger partial charge in [0.15, 0.2) is 0 Å². The van der Waals surface area contributed by atoms with Gasteiger partial charge in [-0.25, -0.2) is 4.79 Å². The highest BCUT2D eigenvalue weighted by molar-refractivity contribution is 5.74. The molecular formula is C11H17N3O2. The normalized spacial score (nSPS) is 15.6. The predicted octanol–water partition coefficient (Wildman–Crippen LogP) is 1.64. The second kappa shape index (κ2) is 4.55. The van der Waals surface area contributed by atoms with Crippen LogP contribution in [0.25, 0.3) is 0 Å². The third kappa shape index (κ3) is 2.35. The van der Waals surface area contributed by atoms with Crippen molar-refractivity contribution in [2.24, 2.45) is 0 Å². The van der Waals surface area contributed by atoms with E-state index in [-0.39, 0.29) is 6.03 Å². The molecular weight excluding hydrogens is 206 g/mol. The Kier molecular flexibility index (Phi) is 3.12. The van der Waals surface area contributed by atoms with E-state index in [0.29, 0.717) is 12.6 Å². The van der Waals surface area contributed by atoms with E-state index in [0.717, 1.165) is 29.9 Å². The molecule has 0 bridgehead atoms. The number of hydrogen-bond acceptors (Lipinski definition) is 3. The number of aryl methyl sites for hydroxylation is 2. The summed E-state index contributed by atoms with van der Waals surface area (Å²) in [6, 6.07) is 0.259. The third-order valence-corrected chi connectivity index (χ3v) is 3.05. The molecule has 0 saturated heterocycles. The average Bonchev–Trinajstić information content (AvgIpc) is 2.50. The maximum atomic E-state index is 11.5. The average molecular weight is 223 g/mol. The van der Waals surface area contributed by atoms with Crippen LogP contribution in [0, 0.1) is 13.8 Å². The quantitative estimate of drug-likeness (QED) is 0.818. The Morgan fingerprint density at radius 3 is 2.75 bits per heavy atom. The number of hydrogen-bond donors (Lipinski definition) is 2. The Morgan fingerprint density at radius 2 is 2.25 bits per heavy atom. The minimum Gasteiger partial charge on any atom is -0.361 e. The Morgan fingerprint density at radius 1 is 1.50 bits per heavy atom. The van der Waals surface area contributed by atoms with E-state index < -0.39 is 0 Å². The lowest BCUT2D eigenvalue weighted by molar-refractivity contribution is 0.228. The van der Waals surface area contributed by atoms with E-state index >= 15 is 0 Å². The molecule has 88 valence electrons. The molecule has 1 aromatic rings. The maximum absolute atomic E-state index is 11.5. The zero-order valence-corrected chi connectivity index (χ0v) is 9.67. The first-order valence-electron chi connectivity index (χ1n) is 5.63. The molecule has 2 N–H and O–H groups in total. The number of carbonyl (C=O) groups excluding carboxylic acids is 1. The van der Waals surface area contributed by atoms with Gasteiger partial charge in [0.25, 0.3) is 0 Å². The molecule has 0 spiro atoms. The first kappa shape index (κ1) is 11.0. The van der Waals surface area contributed by atoms with E-state index in [1.807, 2.05) is 13.8 Å². The van der Waals surface area contributed by atoms with Crippen LogP contribution in [-0.2, 0) is 6.54 Å². The molecule has 1 aromatic heterocycles. The first-order chi connectivity index (χ1) is 7.66. The molecule has 1 aliphatic rings. The van der Waals surface area contributed by atoms with Gasteiger partial charge in [0.05, 0.1) is 5.69 Å². The minimum atomic E-state index is -0.107. The van der Waals surface area contributed by atoms with E-state index in [1.54, 1.807) is 0 Å². The summed E-state index contributed by atoms with van der Waals surface area (Å²) < 4.78 is 5.02. The molecule has 2 amide bonds. The van der Waals surface area contributed by atoms with Gasteiger partial charge in [-0.05, 0) is 33.1 Å². The Balaban J connectivity index is 1.80. The SMILES string of the molecule is Cc1noc(C)c1CNC(=O)NC1CCC1. The van der Waals surface area contributed by atoms with Crippen LogP contribution in [-0.4, -0.2) is 17.2 Å². The monoisotopic (exact) mass is 223 g/mol. The predicted molar refractivity (Wildman–Crippen MR) is 59.0 cm³/mol. The van der Waals surface area contributed by atoms with Crippen LogP contribution in [0.4, 0.5) is 4.79 Å². The zero-order chi connectivity index (χ0) is 11.5. The van der Waals surface area contributed by atoms with Crippen molar-refractivity contribution in [2.45, 2.75) is 45.7 Å². The van der Waals surface area contributed by atoms with Crippen molar-refractivity contribution < 1.29 is 9.32 Å². The molecule has 0 unspecified atom stereocenters. The van der Waals surface area contributed by atoms with Gasteiger partial charge in [-0.1, -0.05) is 5.16 Å². The molecule has 0 aliphatic heterocycles. The van der Waals surface area contributed by atoms with E-state index in [9.17, 15) is 4.79 Å². The summed E-state index contributed by atoms with van der Waals surface area (Å²) in [5.74, 6) is 0.765. The summed E-state index contributed by atoms with van der Waals surface area (Å²) in [5.41, 5.74) is 1.80. The van der Waals surface area contributed by atoms with Gasteiger partial charge in [0, 0.05) is 18.2 Å². The molecule has 1 aliphatic carbocycles. The van der Waals surface area contributed by atoms with Crippen LogP contribution in [0.1, 0.15) is 36.3 Å². The molecule has 2 rings (SSSR count). The molecule has 1 saturated carbocycles. The van der Waals surface area contributed by atoms with Crippen molar-refractivity contribution in [1.29, 1.82) is 0 Å². The van der Waals surface area contributed by atoms with E-state index in [4.69, 9.17) is 4.52 Å². The smallest absolute Gasteiger partial charge is 0.315 e. The number of aromatic nitrogens is 1. The Labute approximate surface area is 94.6 Å². The van der Waals surface area contributed by atoms with Crippen LogP contribution in [0.2, 0.25) is 0 Å². The summed E-state index contributed by atoms with van der Waals surface area (Å²) in [5, 5.41) is 9.57. The lowest BCUT2D eigenvalue weighted by Gasteiger charge is -2.26. The lowest BCUT2D eigenvalue weighted by atomic mass is 9.93. The van der Waals surface area contributed by atoms with E-state index in [1.165, 1.54) is 6.42 Å². The Bertz CT molecular complexity index is 363. The molecule has 0 atom stereocenters. The minimum absolute atomic E-state index is 0.107. The van der Waals surface area contributed by atoms with Gasteiger partial charge in [0.1, 0.15) is 5.76 Å². The molecule has 0 aromatic carbocycles. The van der Waals surface area contributed by atoms with Gasteiger partial charge < -0.3 is 15.2 Å². The van der Waals surface area contributed by atoms with Crippen LogP contribution in [0.5, 0.6) is 0 Å². The van der Waals surface area contributed by atoms with Crippen LogP contribution < -0.4 is 10.6 Å². The van der Waals surface area contributed by atoms with E-state index in [2.05, 4.69) is 15.8 Å². The second-order valence-corrected chi connectivity index (χ2v) is 4.26. The van der Waals surface area contributed by atoms with Crippen molar-refractivity contribution in [2.75, 3.05) is 0 Å². The van der Waals surface area contributed by atoms with Crippen molar-refractivity contribution >= 4 is 6.03 Å². The highest BCUT2D eigenvalue weighted by Gasteiger charge is 2.19. The first-order valence-corrected chi connectivity index (χ1v) is 5.63. The number of urea groups is 1. The van der Waals surface area contributed by atoms with Crippen molar-refractivity contribution in [3.05, 3.63) is 17.0 Å². The molecule has 16 heavy (non-hydrogen) atoms. The van der Waals surface area contributed by atoms with Gasteiger partial charge >= 0.3 is 6.03 Å². The van der Waals surface area contributed by atoms with Gasteiger partial charge in [-0.15, -0.1) is 0 Å². The number of nitrogens with one attached hydrogen (secondary N) is 2. The molecule has 1 heterocycles. The lowest BCUT2D eigenvalue weighted by Crippen LogP contribution is -2.44. The standard InChI is InChI=1S/C11H17N3O2/c1-7-10(8(2)16-14-7)6-12-11(15)13-9-4-3-5-9/h9H,3-6H2,1-2H3,(H2,12,13,15). The molecule has 0 radical (unpaired) electrons. The summed E-state index contributed by atoms with van der Waals surface area (Å²) >= 11 is 0. The fourth-order valence-electron chi connectivity index (χ4n) is 1.71. The number of amides is 2. The van der Waals surface area contributed by atoms with Crippen molar-refractivity contribution in [3.63, 3.8) is 0 Å². The van der Waals surface area contributed by atoms with Crippen molar-refractivity contribution in [3.8, 4) is 0 Å². The summed E-state index contributed by atoms with van der Waals surface area (Å²) in [7, 11) is 0. The largest absolute Gasteiger partial charge is 0.361 e. The van der Waals surface area contributed by atoms with Gasteiger partial charge in [-0.2, -0.15) is 0 Å². The number of nitrogens with zero attached hydrogens (tertiary/aromatic N) is 1. The summed E-state index contributed by atoms with van der Waals surface area (Å²) in [6.07, 6.45) is 3.41. The fourth-order valence-corrected chi connectivity index (χ4v) is 1.71. The fraction of sp³-hybridized carbons (Fsp3) is 0.636. The molecule has 5 nitrogen and oxygen atoms in total. The van der Waals surface area contributed by atoms with Crippen molar-refractivity contribution in [1.82, 2.24) is 15.8 Å². The molecule has 1 fully saturated rings. The second-order valence-electron chi connectivity index (χ2n) is 4.26. The summed E-state index contributed by atoms with van der Waals surface area (Å²) in [4.78, 5) is 11.5. The van der Waals surface area contributed by atoms with Gasteiger partial charge in [-0.3, -0.25) is 0 Å². The highest BCUT2D eigenvalue weighted by Crippen LogP contribution is 2.17.